The van der Waals surface area contributed by atoms with E-state index in [4.69, 9.17) is 19.9 Å². The number of hydrogen-bond donors (Lipinski definition) is 2. The number of piperazine rings is 1. The molecule has 0 saturated carbocycles. The van der Waals surface area contributed by atoms with Gasteiger partial charge in [-0.1, -0.05) is 0 Å². The van der Waals surface area contributed by atoms with Gasteiger partial charge in [-0.2, -0.15) is 0 Å². The van der Waals surface area contributed by atoms with Gasteiger partial charge in [-0.3, -0.25) is 14.1 Å². The number of ether oxygens (including phenoxy) is 1. The quantitative estimate of drug-likeness (QED) is 0.190. The summed E-state index contributed by atoms with van der Waals surface area (Å²) < 4.78 is 11.3. The van der Waals surface area contributed by atoms with Gasteiger partial charge in [0.2, 0.25) is 5.78 Å². The molecule has 1 saturated heterocycles. The van der Waals surface area contributed by atoms with Crippen molar-refractivity contribution in [2.75, 3.05) is 45.9 Å². The first kappa shape index (κ1) is 31.5. The number of aliphatic carboxylic acids is 2. The molecule has 1 fully saturated rings. The van der Waals surface area contributed by atoms with Crippen molar-refractivity contribution in [1.82, 2.24) is 38.3 Å². The maximum Gasteiger partial charge on any atom is 0.328 e. The lowest BCUT2D eigenvalue weighted by Gasteiger charge is -2.34. The van der Waals surface area contributed by atoms with E-state index in [1.165, 1.54) is 0 Å². The number of imidazole rings is 2. The molecule has 1 aliphatic rings. The van der Waals surface area contributed by atoms with Gasteiger partial charge in [-0.25, -0.2) is 24.5 Å². The lowest BCUT2D eigenvalue weighted by molar-refractivity contribution is -0.134. The highest BCUT2D eigenvalue weighted by Crippen LogP contribution is 2.16. The normalized spacial score (nSPS) is 14.4. The molecule has 4 aromatic rings. The smallest absolute Gasteiger partial charge is 0.328 e. The Kier molecular flexibility index (Phi) is 10.8. The number of fused-ring (bicyclic) bond motifs is 2. The first-order valence-corrected chi connectivity index (χ1v) is 14.2. The van der Waals surface area contributed by atoms with Gasteiger partial charge in [-0.15, -0.1) is 0 Å². The average molecular weight is 595 g/mol. The van der Waals surface area contributed by atoms with E-state index in [1.807, 2.05) is 50.0 Å². The van der Waals surface area contributed by atoms with Crippen LogP contribution in [0.3, 0.4) is 0 Å². The van der Waals surface area contributed by atoms with Crippen LogP contribution in [0.2, 0.25) is 0 Å². The van der Waals surface area contributed by atoms with Crippen LogP contribution in [0.25, 0.3) is 16.9 Å². The lowest BCUT2D eigenvalue weighted by Crippen LogP contribution is -2.47. The van der Waals surface area contributed by atoms with Gasteiger partial charge in [0.15, 0.2) is 5.65 Å². The molecule has 43 heavy (non-hydrogen) atoms. The van der Waals surface area contributed by atoms with Crippen molar-refractivity contribution >= 4 is 28.9 Å². The van der Waals surface area contributed by atoms with Gasteiger partial charge in [0.25, 0.3) is 5.56 Å². The van der Waals surface area contributed by atoms with Crippen LogP contribution in [0, 0.1) is 6.92 Å². The molecule has 5 heterocycles. The third-order valence-corrected chi connectivity index (χ3v) is 7.27. The Morgan fingerprint density at radius 1 is 1.02 bits per heavy atom. The van der Waals surface area contributed by atoms with E-state index < -0.39 is 11.9 Å². The summed E-state index contributed by atoms with van der Waals surface area (Å²) >= 11 is 0. The van der Waals surface area contributed by atoms with Gasteiger partial charge in [-0.05, 0) is 32.4 Å². The second-order valence-electron chi connectivity index (χ2n) is 10.2. The highest BCUT2D eigenvalue weighted by molar-refractivity contribution is 5.89. The number of rotatable bonds is 11. The van der Waals surface area contributed by atoms with Crippen LogP contribution in [0.1, 0.15) is 24.0 Å². The summed E-state index contributed by atoms with van der Waals surface area (Å²) in [6.07, 6.45) is 7.32. The molecule has 14 heteroatoms. The molecule has 0 unspecified atom stereocenters. The molecule has 0 aromatic carbocycles. The van der Waals surface area contributed by atoms with E-state index >= 15 is 0 Å². The topological polar surface area (TPSA) is 160 Å². The molecule has 5 rings (SSSR count). The standard InChI is InChI=1S/C25H34N8O2.C4H4O4/c1-4-35-17-16-32-22(28-21-6-5-8-26-23(21)32)18-31-13-11-30(12-14-31)9-7-20-19(2)27-25-29(3)10-15-33(25)24(20)34;5-3(6)1-2-4(7)8/h5-6,8,10,15H,4,7,9,11-14,16-18H2,1-3H3;1-2H,(H,5,6)(H,7,8)/b;2-1+. The summed E-state index contributed by atoms with van der Waals surface area (Å²) in [7, 11) is 1.91. The Labute approximate surface area is 248 Å². The molecular formula is C29H38N8O6. The van der Waals surface area contributed by atoms with Crippen molar-refractivity contribution < 1.29 is 24.5 Å². The number of carboxylic acids is 2. The monoisotopic (exact) mass is 594 g/mol. The summed E-state index contributed by atoms with van der Waals surface area (Å²) in [4.78, 5) is 51.0. The molecule has 0 atom stereocenters. The Hall–Kier alpha value is -4.40. The Morgan fingerprint density at radius 2 is 1.72 bits per heavy atom. The predicted molar refractivity (Wildman–Crippen MR) is 159 cm³/mol. The second kappa shape index (κ2) is 14.7. The number of aryl methyl sites for hydroxylation is 2. The van der Waals surface area contributed by atoms with Crippen molar-refractivity contribution in [2.24, 2.45) is 7.05 Å². The van der Waals surface area contributed by atoms with Gasteiger partial charge in [0.05, 0.1) is 18.8 Å². The zero-order chi connectivity index (χ0) is 30.9. The molecular weight excluding hydrogens is 556 g/mol. The third-order valence-electron chi connectivity index (χ3n) is 7.27. The molecule has 4 aromatic heterocycles. The number of hydrogen-bond acceptors (Lipinski definition) is 9. The molecule has 0 radical (unpaired) electrons. The Balaban J connectivity index is 0.000000467. The van der Waals surface area contributed by atoms with Crippen LogP contribution >= 0.6 is 0 Å². The van der Waals surface area contributed by atoms with Crippen molar-refractivity contribution in [2.45, 2.75) is 33.4 Å². The predicted octanol–water partition coefficient (Wildman–Crippen LogP) is 1.19. The summed E-state index contributed by atoms with van der Waals surface area (Å²) in [5.74, 6) is -0.787. The van der Waals surface area contributed by atoms with E-state index in [0.29, 0.717) is 37.6 Å². The molecule has 2 N–H and O–H groups in total. The molecule has 0 amide bonds. The SMILES string of the molecule is CCOCCn1c(CN2CCN(CCc3c(C)nc4n(C)ccn4c3=O)CC2)nc2cccnc21.O=C(O)/C=C/C(=O)O. The van der Waals surface area contributed by atoms with Crippen LogP contribution in [-0.4, -0.2) is 106 Å². The highest BCUT2D eigenvalue weighted by Gasteiger charge is 2.21. The number of aromatic nitrogens is 6. The molecule has 0 spiro atoms. The van der Waals surface area contributed by atoms with E-state index in [-0.39, 0.29) is 5.56 Å². The zero-order valence-electron chi connectivity index (χ0n) is 24.7. The van der Waals surface area contributed by atoms with Gasteiger partial charge < -0.3 is 29.0 Å². The van der Waals surface area contributed by atoms with Gasteiger partial charge >= 0.3 is 11.9 Å². The average Bonchev–Trinajstić information content (AvgIpc) is 3.52. The lowest BCUT2D eigenvalue weighted by atomic mass is 10.1. The maximum atomic E-state index is 13.0. The third kappa shape index (κ3) is 8.12. The zero-order valence-corrected chi connectivity index (χ0v) is 24.7. The molecule has 0 bridgehead atoms. The van der Waals surface area contributed by atoms with Crippen LogP contribution in [0.5, 0.6) is 0 Å². The molecule has 0 aliphatic carbocycles. The Bertz CT molecular complexity index is 1630. The summed E-state index contributed by atoms with van der Waals surface area (Å²) in [6.45, 7) is 11.6. The molecule has 14 nitrogen and oxygen atoms in total. The van der Waals surface area contributed by atoms with E-state index in [9.17, 15) is 14.4 Å². The second-order valence-corrected chi connectivity index (χ2v) is 10.2. The fraction of sp³-hybridized carbons (Fsp3) is 0.448. The number of carbonyl (C=O) groups is 2. The van der Waals surface area contributed by atoms with Gasteiger partial charge in [0.1, 0.15) is 11.3 Å². The van der Waals surface area contributed by atoms with Crippen LogP contribution < -0.4 is 5.56 Å². The molecule has 1 aliphatic heterocycles. The van der Waals surface area contributed by atoms with Crippen molar-refractivity contribution in [1.29, 1.82) is 0 Å². The fourth-order valence-electron chi connectivity index (χ4n) is 5.01. The van der Waals surface area contributed by atoms with E-state index in [0.717, 1.165) is 74.1 Å². The fourth-order valence-corrected chi connectivity index (χ4v) is 5.01. The number of carboxylic acid groups (broad SMARTS) is 2. The summed E-state index contributed by atoms with van der Waals surface area (Å²) in [5.41, 5.74) is 3.54. The minimum atomic E-state index is -1.26. The largest absolute Gasteiger partial charge is 0.478 e. The first-order chi connectivity index (χ1) is 20.7. The first-order valence-electron chi connectivity index (χ1n) is 14.2. The number of nitrogens with zero attached hydrogens (tertiary/aromatic N) is 8. The van der Waals surface area contributed by atoms with Crippen LogP contribution in [-0.2, 0) is 40.9 Å². The van der Waals surface area contributed by atoms with Gasteiger partial charge in [0, 0.05) is 89.2 Å². The van der Waals surface area contributed by atoms with Crippen molar-refractivity contribution in [3.63, 3.8) is 0 Å². The van der Waals surface area contributed by atoms with E-state index in [2.05, 4.69) is 24.3 Å². The summed E-state index contributed by atoms with van der Waals surface area (Å²) in [5, 5.41) is 15.6. The summed E-state index contributed by atoms with van der Waals surface area (Å²) in [6, 6.07) is 3.95. The van der Waals surface area contributed by atoms with Crippen molar-refractivity contribution in [3.05, 3.63) is 70.3 Å². The minimum Gasteiger partial charge on any atom is -0.478 e. The molecule has 230 valence electrons. The minimum absolute atomic E-state index is 0.0475. The van der Waals surface area contributed by atoms with Crippen molar-refractivity contribution in [3.8, 4) is 0 Å². The highest BCUT2D eigenvalue weighted by atomic mass is 16.5. The van der Waals surface area contributed by atoms with E-state index in [1.54, 1.807) is 10.6 Å². The van der Waals surface area contributed by atoms with Crippen LogP contribution in [0.4, 0.5) is 0 Å². The maximum absolute atomic E-state index is 13.0. The Morgan fingerprint density at radius 3 is 2.40 bits per heavy atom. The number of pyridine rings is 1. The van der Waals surface area contributed by atoms with Crippen LogP contribution in [0.15, 0.2) is 47.7 Å².